The molecule has 8 heteroatoms. The molecule has 1 heterocycles. The topological polar surface area (TPSA) is 119 Å². The number of likely N-dealkylation sites (tertiary alicyclic amines) is 1. The van der Waals surface area contributed by atoms with E-state index in [0.717, 1.165) is 4.90 Å². The largest absolute Gasteiger partial charge is 0.464 e. The second-order valence-electron chi connectivity index (χ2n) is 3.93. The van der Waals surface area contributed by atoms with Gasteiger partial charge < -0.3 is 25.2 Å². The Hall–Kier alpha value is -1.67. The minimum absolute atomic E-state index is 0.0621. The summed E-state index contributed by atoms with van der Waals surface area (Å²) in [4.78, 5) is 36.1. The number of β-lactam (4-membered cyclic amide) rings is 1. The minimum atomic E-state index is -1.51. The molecule has 108 valence electrons. The van der Waals surface area contributed by atoms with Gasteiger partial charge in [-0.2, -0.15) is 0 Å². The van der Waals surface area contributed by atoms with E-state index in [4.69, 9.17) is 20.3 Å². The standard InChI is InChI=1S/C11H18N2O6/c1-3-18-10(16)8(11(17)19-4-2)13-6(5-14)7(12)9(13)15/h6-8,14H,3-5,12H2,1-2H3. The van der Waals surface area contributed by atoms with Crippen LogP contribution in [0.4, 0.5) is 0 Å². The highest BCUT2D eigenvalue weighted by Crippen LogP contribution is 2.23. The summed E-state index contributed by atoms with van der Waals surface area (Å²) in [7, 11) is 0. The smallest absolute Gasteiger partial charge is 0.340 e. The SMILES string of the molecule is CCOC(=O)C(C(=O)OCC)N1C(=O)C(N)C1CO. The number of esters is 2. The molecule has 1 saturated heterocycles. The highest BCUT2D eigenvalue weighted by molar-refractivity contribution is 6.05. The molecule has 0 spiro atoms. The summed E-state index contributed by atoms with van der Waals surface area (Å²) in [6.45, 7) is 2.84. The number of aliphatic hydroxyl groups excluding tert-OH is 1. The maximum absolute atomic E-state index is 11.8. The fraction of sp³-hybridized carbons (Fsp3) is 0.727. The minimum Gasteiger partial charge on any atom is -0.464 e. The molecule has 0 saturated carbocycles. The lowest BCUT2D eigenvalue weighted by molar-refractivity contribution is -0.179. The van der Waals surface area contributed by atoms with Gasteiger partial charge in [0.1, 0.15) is 6.04 Å². The monoisotopic (exact) mass is 274 g/mol. The fourth-order valence-electron chi connectivity index (χ4n) is 1.88. The summed E-state index contributed by atoms with van der Waals surface area (Å²) in [6.07, 6.45) is 0. The first kappa shape index (κ1) is 15.4. The number of hydrogen-bond donors (Lipinski definition) is 2. The van der Waals surface area contributed by atoms with Gasteiger partial charge in [-0.15, -0.1) is 0 Å². The van der Waals surface area contributed by atoms with Crippen LogP contribution < -0.4 is 5.73 Å². The van der Waals surface area contributed by atoms with Crippen LogP contribution in [0.15, 0.2) is 0 Å². The van der Waals surface area contributed by atoms with E-state index in [9.17, 15) is 14.4 Å². The van der Waals surface area contributed by atoms with Gasteiger partial charge in [0.2, 0.25) is 11.9 Å². The number of hydrogen-bond acceptors (Lipinski definition) is 7. The van der Waals surface area contributed by atoms with Crippen molar-refractivity contribution in [1.82, 2.24) is 4.90 Å². The number of amides is 1. The van der Waals surface area contributed by atoms with Crippen LogP contribution in [-0.2, 0) is 23.9 Å². The zero-order valence-electron chi connectivity index (χ0n) is 10.9. The number of nitrogens with two attached hydrogens (primary N) is 1. The van der Waals surface area contributed by atoms with Gasteiger partial charge in [0.15, 0.2) is 0 Å². The van der Waals surface area contributed by atoms with E-state index in [1.165, 1.54) is 0 Å². The Labute approximate surface area is 110 Å². The predicted octanol–water partition coefficient (Wildman–Crippen LogP) is -1.99. The molecule has 3 N–H and O–H groups in total. The maximum atomic E-state index is 11.8. The van der Waals surface area contributed by atoms with E-state index in [1.54, 1.807) is 13.8 Å². The van der Waals surface area contributed by atoms with Crippen LogP contribution in [0, 0.1) is 0 Å². The highest BCUT2D eigenvalue weighted by Gasteiger charge is 2.53. The number of nitrogens with zero attached hydrogens (tertiary/aromatic N) is 1. The van der Waals surface area contributed by atoms with Gasteiger partial charge in [-0.1, -0.05) is 0 Å². The Morgan fingerprint density at radius 1 is 1.32 bits per heavy atom. The summed E-state index contributed by atoms with van der Waals surface area (Å²) in [5, 5.41) is 9.14. The van der Waals surface area contributed by atoms with Gasteiger partial charge in [0.25, 0.3) is 0 Å². The van der Waals surface area contributed by atoms with E-state index in [2.05, 4.69) is 0 Å². The first-order chi connectivity index (χ1) is 8.99. The molecule has 8 nitrogen and oxygen atoms in total. The lowest BCUT2D eigenvalue weighted by Crippen LogP contribution is -2.75. The molecule has 1 amide bonds. The molecule has 1 rings (SSSR count). The Balaban J connectivity index is 2.93. The highest BCUT2D eigenvalue weighted by atomic mass is 16.6. The number of ether oxygens (including phenoxy) is 2. The van der Waals surface area contributed by atoms with Crippen molar-refractivity contribution in [3.05, 3.63) is 0 Å². The van der Waals surface area contributed by atoms with Gasteiger partial charge in [0, 0.05) is 0 Å². The van der Waals surface area contributed by atoms with Crippen molar-refractivity contribution in [3.63, 3.8) is 0 Å². The molecule has 2 unspecified atom stereocenters. The molecule has 1 aliphatic heterocycles. The van der Waals surface area contributed by atoms with Crippen LogP contribution in [0.25, 0.3) is 0 Å². The van der Waals surface area contributed by atoms with Crippen molar-refractivity contribution in [1.29, 1.82) is 0 Å². The molecule has 0 aromatic heterocycles. The number of rotatable bonds is 6. The van der Waals surface area contributed by atoms with Crippen molar-refractivity contribution in [2.45, 2.75) is 32.0 Å². The molecule has 0 aromatic carbocycles. The van der Waals surface area contributed by atoms with E-state index in [0.29, 0.717) is 0 Å². The van der Waals surface area contributed by atoms with Gasteiger partial charge in [-0.05, 0) is 13.8 Å². The summed E-state index contributed by atoms with van der Waals surface area (Å²) in [6, 6.07) is -3.22. The molecular weight excluding hydrogens is 256 g/mol. The molecule has 0 radical (unpaired) electrons. The van der Waals surface area contributed by atoms with Crippen molar-refractivity contribution in [2.75, 3.05) is 19.8 Å². The Morgan fingerprint density at radius 3 is 2.16 bits per heavy atom. The number of carbonyl (C=O) groups is 3. The van der Waals surface area contributed by atoms with E-state index in [-0.39, 0.29) is 13.2 Å². The first-order valence-electron chi connectivity index (χ1n) is 6.01. The summed E-state index contributed by atoms with van der Waals surface area (Å²) in [5.74, 6) is -2.37. The normalized spacial score (nSPS) is 22.2. The lowest BCUT2D eigenvalue weighted by Gasteiger charge is -2.46. The van der Waals surface area contributed by atoms with Gasteiger partial charge >= 0.3 is 11.9 Å². The predicted molar refractivity (Wildman–Crippen MR) is 62.7 cm³/mol. The average molecular weight is 274 g/mol. The van der Waals surface area contributed by atoms with Crippen LogP contribution in [0.2, 0.25) is 0 Å². The van der Waals surface area contributed by atoms with Crippen LogP contribution in [-0.4, -0.2) is 65.8 Å². The molecule has 1 fully saturated rings. The quantitative estimate of drug-likeness (QED) is 0.327. The van der Waals surface area contributed by atoms with E-state index >= 15 is 0 Å². The van der Waals surface area contributed by atoms with Gasteiger partial charge in [-0.25, -0.2) is 9.59 Å². The average Bonchev–Trinajstić information content (AvgIpc) is 2.38. The fourth-order valence-corrected chi connectivity index (χ4v) is 1.88. The third-order valence-electron chi connectivity index (χ3n) is 2.80. The van der Waals surface area contributed by atoms with Crippen LogP contribution in [0.3, 0.4) is 0 Å². The summed E-state index contributed by atoms with van der Waals surface area (Å²) in [5.41, 5.74) is 5.50. The Kier molecular flexibility index (Phi) is 5.25. The zero-order chi connectivity index (χ0) is 14.6. The Bertz CT molecular complexity index is 354. The third-order valence-corrected chi connectivity index (χ3v) is 2.80. The summed E-state index contributed by atoms with van der Waals surface area (Å²) < 4.78 is 9.50. The van der Waals surface area contributed by atoms with E-state index in [1.807, 2.05) is 0 Å². The van der Waals surface area contributed by atoms with Crippen molar-refractivity contribution in [2.24, 2.45) is 5.73 Å². The van der Waals surface area contributed by atoms with Crippen LogP contribution in [0.5, 0.6) is 0 Å². The first-order valence-corrected chi connectivity index (χ1v) is 6.01. The van der Waals surface area contributed by atoms with E-state index < -0.39 is 42.6 Å². The lowest BCUT2D eigenvalue weighted by atomic mass is 9.93. The zero-order valence-corrected chi connectivity index (χ0v) is 10.9. The molecule has 0 aliphatic carbocycles. The molecule has 0 bridgehead atoms. The van der Waals surface area contributed by atoms with Gasteiger partial charge in [-0.3, -0.25) is 4.79 Å². The van der Waals surface area contributed by atoms with Crippen molar-refractivity contribution < 1.29 is 29.0 Å². The number of aliphatic hydroxyl groups is 1. The second-order valence-corrected chi connectivity index (χ2v) is 3.93. The molecule has 0 aromatic rings. The Morgan fingerprint density at radius 2 is 1.79 bits per heavy atom. The second kappa shape index (κ2) is 6.48. The number of carbonyl (C=O) groups excluding carboxylic acids is 3. The third kappa shape index (κ3) is 2.85. The molecule has 1 aliphatic rings. The molecule has 19 heavy (non-hydrogen) atoms. The van der Waals surface area contributed by atoms with Crippen LogP contribution in [0.1, 0.15) is 13.8 Å². The molecule has 2 atom stereocenters. The molecular formula is C11H18N2O6. The van der Waals surface area contributed by atoms with Gasteiger partial charge in [0.05, 0.1) is 25.9 Å². The van der Waals surface area contributed by atoms with Crippen molar-refractivity contribution >= 4 is 17.8 Å². The maximum Gasteiger partial charge on any atom is 0.340 e. The van der Waals surface area contributed by atoms with Crippen molar-refractivity contribution in [3.8, 4) is 0 Å². The summed E-state index contributed by atoms with van der Waals surface area (Å²) >= 11 is 0. The van der Waals surface area contributed by atoms with Crippen LogP contribution >= 0.6 is 0 Å².